The van der Waals surface area contributed by atoms with E-state index in [0.29, 0.717) is 16.5 Å². The van der Waals surface area contributed by atoms with Crippen LogP contribution in [0.25, 0.3) is 10.8 Å². The van der Waals surface area contributed by atoms with E-state index < -0.39 is 26.7 Å². The number of ether oxygens (including phenoxy) is 1. The number of benzene rings is 4. The van der Waals surface area contributed by atoms with Crippen molar-refractivity contribution in [3.8, 4) is 11.5 Å². The molecule has 0 aromatic heterocycles. The Hall–Kier alpha value is -3.70. The second-order valence-corrected chi connectivity index (χ2v) is 9.98. The minimum absolute atomic E-state index is 0.0904. The number of nitrogens with one attached hydrogen (secondary N) is 1. The van der Waals surface area contributed by atoms with Crippen LogP contribution >= 0.6 is 23.2 Å². The summed E-state index contributed by atoms with van der Waals surface area (Å²) >= 11 is 12.5. The van der Waals surface area contributed by atoms with Gasteiger partial charge in [-0.25, -0.2) is 0 Å². The highest BCUT2D eigenvalue weighted by atomic mass is 35.5. The van der Waals surface area contributed by atoms with E-state index in [1.165, 1.54) is 32.2 Å². The molecule has 0 saturated heterocycles. The first-order chi connectivity index (χ1) is 17.5. The van der Waals surface area contributed by atoms with Crippen molar-refractivity contribution in [2.75, 3.05) is 12.4 Å². The molecule has 37 heavy (non-hydrogen) atoms. The molecule has 1 amide bonds. The lowest BCUT2D eigenvalue weighted by Gasteiger charge is -2.13. The van der Waals surface area contributed by atoms with Crippen LogP contribution in [-0.2, 0) is 10.1 Å². The second kappa shape index (κ2) is 10.3. The van der Waals surface area contributed by atoms with Gasteiger partial charge in [0.2, 0.25) is 0 Å². The first kappa shape index (κ1) is 26.4. The van der Waals surface area contributed by atoms with Crippen LogP contribution in [0.15, 0.2) is 75.8 Å². The van der Waals surface area contributed by atoms with Crippen LogP contribution in [0.1, 0.15) is 15.9 Å². The van der Waals surface area contributed by atoms with Crippen molar-refractivity contribution in [2.45, 2.75) is 11.8 Å². The number of aryl methyl sites for hydroxylation is 1. The molecule has 4 aromatic rings. The molecule has 0 saturated carbocycles. The van der Waals surface area contributed by atoms with Gasteiger partial charge < -0.3 is 15.2 Å². The highest BCUT2D eigenvalue weighted by Gasteiger charge is 2.23. The monoisotopic (exact) mass is 559 g/mol. The zero-order chi connectivity index (χ0) is 26.9. The standard InChI is InChI=1S/C25H19Cl2N3O6S/c1-13-10-11-17(26)22(24(13)37(33,34)35)30-29-21-15-7-4-3-6-14(15)12-16(23(21)31)25(32)28-18-8-5-9-19(36-2)20(18)27/h3-12,31H,1-2H3,(H,28,32)(H,33,34,35). The number of aromatic hydroxyl groups is 1. The number of amides is 1. The third-order valence-electron chi connectivity index (χ3n) is 5.46. The molecule has 0 aliphatic heterocycles. The Balaban J connectivity index is 1.86. The summed E-state index contributed by atoms with van der Waals surface area (Å²) in [6.45, 7) is 1.46. The fraction of sp³-hybridized carbons (Fsp3) is 0.0800. The van der Waals surface area contributed by atoms with Crippen molar-refractivity contribution in [1.82, 2.24) is 0 Å². The van der Waals surface area contributed by atoms with Gasteiger partial charge in [-0.3, -0.25) is 9.35 Å². The number of hydrogen-bond donors (Lipinski definition) is 3. The molecule has 9 nitrogen and oxygen atoms in total. The van der Waals surface area contributed by atoms with Crippen molar-refractivity contribution in [1.29, 1.82) is 0 Å². The zero-order valence-electron chi connectivity index (χ0n) is 19.4. The maximum atomic E-state index is 13.2. The Labute approximate surface area is 222 Å². The minimum atomic E-state index is -4.70. The molecule has 0 atom stereocenters. The Morgan fingerprint density at radius 2 is 1.70 bits per heavy atom. The first-order valence-corrected chi connectivity index (χ1v) is 12.8. The zero-order valence-corrected chi connectivity index (χ0v) is 21.7. The van der Waals surface area contributed by atoms with Crippen LogP contribution in [0.4, 0.5) is 17.1 Å². The summed E-state index contributed by atoms with van der Waals surface area (Å²) in [4.78, 5) is 12.6. The Morgan fingerprint density at radius 3 is 2.41 bits per heavy atom. The van der Waals surface area contributed by atoms with E-state index in [1.807, 2.05) is 0 Å². The van der Waals surface area contributed by atoms with Crippen molar-refractivity contribution < 1.29 is 27.6 Å². The molecule has 3 N–H and O–H groups in total. The SMILES string of the molecule is COc1cccc(NC(=O)c2cc3ccccc3c(N=Nc3c(Cl)ccc(C)c3S(=O)(=O)O)c2O)c1Cl. The lowest BCUT2D eigenvalue weighted by molar-refractivity contribution is 0.102. The van der Waals surface area contributed by atoms with E-state index in [2.05, 4.69) is 15.5 Å². The molecule has 0 heterocycles. The van der Waals surface area contributed by atoms with E-state index >= 15 is 0 Å². The molecule has 0 spiro atoms. The summed E-state index contributed by atoms with van der Waals surface area (Å²) in [5, 5.41) is 22.8. The molecule has 0 fully saturated rings. The molecule has 4 aromatic carbocycles. The second-order valence-electron chi connectivity index (χ2n) is 7.84. The van der Waals surface area contributed by atoms with Crippen LogP contribution in [-0.4, -0.2) is 31.1 Å². The average molecular weight is 560 g/mol. The molecule has 0 aliphatic carbocycles. The molecule has 4 rings (SSSR count). The summed E-state index contributed by atoms with van der Waals surface area (Å²) in [5.74, 6) is -0.861. The Bertz CT molecular complexity index is 1690. The summed E-state index contributed by atoms with van der Waals surface area (Å²) in [5.41, 5.74) is -0.120. The highest BCUT2D eigenvalue weighted by molar-refractivity contribution is 7.86. The lowest BCUT2D eigenvalue weighted by Crippen LogP contribution is -2.12. The molecule has 0 bridgehead atoms. The lowest BCUT2D eigenvalue weighted by atomic mass is 10.0. The van der Waals surface area contributed by atoms with Gasteiger partial charge in [-0.05, 0) is 42.1 Å². The van der Waals surface area contributed by atoms with Crippen molar-refractivity contribution in [3.05, 3.63) is 81.8 Å². The number of carbonyl (C=O) groups is 1. The number of halogens is 2. The van der Waals surface area contributed by atoms with Gasteiger partial charge in [0.25, 0.3) is 16.0 Å². The third-order valence-corrected chi connectivity index (χ3v) is 7.18. The largest absolute Gasteiger partial charge is 0.505 e. The Kier molecular flexibility index (Phi) is 7.37. The number of azo groups is 1. The van der Waals surface area contributed by atoms with E-state index in [0.717, 1.165) is 0 Å². The molecular formula is C25H19Cl2N3O6S. The van der Waals surface area contributed by atoms with Gasteiger partial charge in [0.05, 0.1) is 23.4 Å². The topological polar surface area (TPSA) is 138 Å². The van der Waals surface area contributed by atoms with Crippen molar-refractivity contribution in [3.63, 3.8) is 0 Å². The summed E-state index contributed by atoms with van der Waals surface area (Å²) in [6, 6.07) is 15.9. The third kappa shape index (κ3) is 5.23. The summed E-state index contributed by atoms with van der Waals surface area (Å²) in [7, 11) is -3.26. The maximum absolute atomic E-state index is 13.2. The van der Waals surface area contributed by atoms with Gasteiger partial charge in [-0.2, -0.15) is 8.42 Å². The summed E-state index contributed by atoms with van der Waals surface area (Å²) < 4.78 is 38.8. The Morgan fingerprint density at radius 1 is 1.00 bits per heavy atom. The number of carbonyl (C=O) groups excluding carboxylic acids is 1. The number of phenols is 1. The maximum Gasteiger partial charge on any atom is 0.297 e. The van der Waals surface area contributed by atoms with Crippen LogP contribution in [0.2, 0.25) is 10.0 Å². The van der Waals surface area contributed by atoms with Crippen LogP contribution in [0.5, 0.6) is 11.5 Å². The van der Waals surface area contributed by atoms with E-state index in [1.54, 1.807) is 42.5 Å². The van der Waals surface area contributed by atoms with Crippen molar-refractivity contribution >= 4 is 67.1 Å². The fourth-order valence-electron chi connectivity index (χ4n) is 3.71. The first-order valence-electron chi connectivity index (χ1n) is 10.6. The molecular weight excluding hydrogens is 541 g/mol. The number of methoxy groups -OCH3 is 1. The summed E-state index contributed by atoms with van der Waals surface area (Å²) in [6.07, 6.45) is 0. The van der Waals surface area contributed by atoms with Gasteiger partial charge in [0, 0.05) is 5.39 Å². The van der Waals surface area contributed by atoms with Gasteiger partial charge in [-0.15, -0.1) is 10.2 Å². The van der Waals surface area contributed by atoms with Crippen LogP contribution < -0.4 is 10.1 Å². The number of rotatable bonds is 6. The molecule has 0 radical (unpaired) electrons. The van der Waals surface area contributed by atoms with Gasteiger partial charge in [0.1, 0.15) is 27.0 Å². The molecule has 0 unspecified atom stereocenters. The average Bonchev–Trinajstić information content (AvgIpc) is 2.85. The quantitative estimate of drug-likeness (QED) is 0.170. The molecule has 0 aliphatic rings. The number of hydrogen-bond acceptors (Lipinski definition) is 7. The van der Waals surface area contributed by atoms with Crippen LogP contribution in [0.3, 0.4) is 0 Å². The smallest absolute Gasteiger partial charge is 0.297 e. The van der Waals surface area contributed by atoms with E-state index in [4.69, 9.17) is 27.9 Å². The molecule has 12 heteroatoms. The highest BCUT2D eigenvalue weighted by Crippen LogP contribution is 2.42. The van der Waals surface area contributed by atoms with Crippen molar-refractivity contribution in [2.24, 2.45) is 10.2 Å². The van der Waals surface area contributed by atoms with E-state index in [9.17, 15) is 22.9 Å². The number of fused-ring (bicyclic) bond motifs is 1. The fourth-order valence-corrected chi connectivity index (χ4v) is 5.08. The number of phenolic OH excluding ortho intramolecular Hbond substituents is 1. The van der Waals surface area contributed by atoms with Gasteiger partial charge in [0.15, 0.2) is 5.75 Å². The van der Waals surface area contributed by atoms with E-state index in [-0.39, 0.29) is 38.2 Å². The number of anilines is 1. The molecule has 190 valence electrons. The van der Waals surface area contributed by atoms with Gasteiger partial charge in [-0.1, -0.05) is 59.6 Å². The predicted molar refractivity (Wildman–Crippen MR) is 142 cm³/mol. The van der Waals surface area contributed by atoms with Crippen LogP contribution in [0, 0.1) is 6.92 Å². The normalized spacial score (nSPS) is 11.7. The number of nitrogens with zero attached hydrogens (tertiary/aromatic N) is 2. The predicted octanol–water partition coefficient (Wildman–Crippen LogP) is 7.08. The van der Waals surface area contributed by atoms with Gasteiger partial charge >= 0.3 is 0 Å². The minimum Gasteiger partial charge on any atom is -0.505 e.